The van der Waals surface area contributed by atoms with Crippen LogP contribution in [0.1, 0.15) is 17.3 Å². The van der Waals surface area contributed by atoms with Gasteiger partial charge >= 0.3 is 0 Å². The third kappa shape index (κ3) is 2.85. The first-order valence-electron chi connectivity index (χ1n) is 5.87. The Bertz CT molecular complexity index is 504. The van der Waals surface area contributed by atoms with E-state index in [0.29, 0.717) is 12.1 Å². The molecule has 17 heavy (non-hydrogen) atoms. The molecule has 2 aromatic rings. The van der Waals surface area contributed by atoms with Gasteiger partial charge in [-0.25, -0.2) is 0 Å². The maximum atomic E-state index is 11.8. The van der Waals surface area contributed by atoms with Crippen molar-refractivity contribution in [3.05, 3.63) is 36.0 Å². The highest BCUT2D eigenvalue weighted by atomic mass is 16.1. The lowest BCUT2D eigenvalue weighted by Gasteiger charge is -2.05. The van der Waals surface area contributed by atoms with Gasteiger partial charge in [0.05, 0.1) is 0 Å². The largest absolute Gasteiger partial charge is 0.361 e. The second kappa shape index (κ2) is 5.50. The number of benzene rings is 1. The van der Waals surface area contributed by atoms with Crippen LogP contribution in [-0.2, 0) is 0 Å². The topological polar surface area (TPSA) is 56.9 Å². The van der Waals surface area contributed by atoms with Crippen LogP contribution in [0.2, 0.25) is 0 Å². The summed E-state index contributed by atoms with van der Waals surface area (Å²) in [5.74, 6) is -0.0222. The molecule has 3 N–H and O–H groups in total. The second-order valence-corrected chi connectivity index (χ2v) is 3.89. The molecule has 0 bridgehead atoms. The quantitative estimate of drug-likeness (QED) is 0.683. The molecular formula is C13H17N3O. The Labute approximate surface area is 100 Å². The van der Waals surface area contributed by atoms with E-state index < -0.39 is 0 Å². The SMILES string of the molecule is CCNCCNC(=O)c1ccc2[nH]ccc2c1. The van der Waals surface area contributed by atoms with Crippen molar-refractivity contribution < 1.29 is 4.79 Å². The second-order valence-electron chi connectivity index (χ2n) is 3.89. The van der Waals surface area contributed by atoms with Crippen LogP contribution < -0.4 is 10.6 Å². The van der Waals surface area contributed by atoms with E-state index in [9.17, 15) is 4.79 Å². The average molecular weight is 231 g/mol. The lowest BCUT2D eigenvalue weighted by molar-refractivity contribution is 0.0954. The van der Waals surface area contributed by atoms with Crippen LogP contribution in [0.3, 0.4) is 0 Å². The third-order valence-corrected chi connectivity index (χ3v) is 2.65. The van der Waals surface area contributed by atoms with E-state index in [1.54, 1.807) is 0 Å². The monoisotopic (exact) mass is 231 g/mol. The van der Waals surface area contributed by atoms with E-state index in [0.717, 1.165) is 24.0 Å². The van der Waals surface area contributed by atoms with Crippen LogP contribution in [0.4, 0.5) is 0 Å². The molecule has 0 fully saturated rings. The number of fused-ring (bicyclic) bond motifs is 1. The van der Waals surface area contributed by atoms with Crippen LogP contribution in [0.5, 0.6) is 0 Å². The van der Waals surface area contributed by atoms with Gasteiger partial charge in [-0.2, -0.15) is 0 Å². The number of hydrogen-bond acceptors (Lipinski definition) is 2. The Morgan fingerprint density at radius 3 is 3.00 bits per heavy atom. The summed E-state index contributed by atoms with van der Waals surface area (Å²) < 4.78 is 0. The van der Waals surface area contributed by atoms with Gasteiger partial charge < -0.3 is 15.6 Å². The number of H-pyrrole nitrogens is 1. The molecule has 0 aliphatic rings. The van der Waals surface area contributed by atoms with Crippen LogP contribution in [-0.4, -0.2) is 30.5 Å². The number of likely N-dealkylation sites (N-methyl/N-ethyl adjacent to an activating group) is 1. The van der Waals surface area contributed by atoms with E-state index in [2.05, 4.69) is 15.6 Å². The smallest absolute Gasteiger partial charge is 0.251 e. The summed E-state index contributed by atoms with van der Waals surface area (Å²) in [6, 6.07) is 7.62. The molecule has 4 heteroatoms. The summed E-state index contributed by atoms with van der Waals surface area (Å²) in [7, 11) is 0. The molecule has 1 aromatic carbocycles. The summed E-state index contributed by atoms with van der Waals surface area (Å²) >= 11 is 0. The zero-order valence-corrected chi connectivity index (χ0v) is 9.92. The molecule has 0 saturated heterocycles. The standard InChI is InChI=1S/C13H17N3O/c1-2-14-7-8-16-13(17)11-3-4-12-10(9-11)5-6-15-12/h3-6,9,14-15H,2,7-8H2,1H3,(H,16,17). The van der Waals surface area contributed by atoms with Gasteiger partial charge in [0.25, 0.3) is 5.91 Å². The van der Waals surface area contributed by atoms with Gasteiger partial charge in [0.1, 0.15) is 0 Å². The highest BCUT2D eigenvalue weighted by Gasteiger charge is 2.05. The summed E-state index contributed by atoms with van der Waals surface area (Å²) in [6.45, 7) is 4.42. The van der Waals surface area contributed by atoms with Gasteiger partial charge in [0.15, 0.2) is 0 Å². The number of rotatable bonds is 5. The third-order valence-electron chi connectivity index (χ3n) is 2.65. The van der Waals surface area contributed by atoms with E-state index in [1.807, 2.05) is 37.4 Å². The molecule has 0 radical (unpaired) electrons. The fourth-order valence-electron chi connectivity index (χ4n) is 1.74. The van der Waals surface area contributed by atoms with Crippen molar-refractivity contribution in [2.24, 2.45) is 0 Å². The van der Waals surface area contributed by atoms with E-state index in [4.69, 9.17) is 0 Å². The summed E-state index contributed by atoms with van der Waals surface area (Å²) in [5.41, 5.74) is 1.75. The van der Waals surface area contributed by atoms with Gasteiger partial charge in [0.2, 0.25) is 0 Å². The van der Waals surface area contributed by atoms with Crippen LogP contribution in [0.25, 0.3) is 10.9 Å². The predicted molar refractivity (Wildman–Crippen MR) is 69.2 cm³/mol. The van der Waals surface area contributed by atoms with Gasteiger partial charge in [-0.3, -0.25) is 4.79 Å². The number of hydrogen-bond donors (Lipinski definition) is 3. The number of carbonyl (C=O) groups is 1. The minimum atomic E-state index is -0.0222. The van der Waals surface area contributed by atoms with E-state index in [1.165, 1.54) is 0 Å². The lowest BCUT2D eigenvalue weighted by atomic mass is 10.1. The highest BCUT2D eigenvalue weighted by molar-refractivity contribution is 5.98. The average Bonchev–Trinajstić information content (AvgIpc) is 2.81. The number of carbonyl (C=O) groups excluding carboxylic acids is 1. The molecular weight excluding hydrogens is 214 g/mol. The summed E-state index contributed by atoms with van der Waals surface area (Å²) in [5, 5.41) is 7.10. The Balaban J connectivity index is 1.98. The molecule has 4 nitrogen and oxygen atoms in total. The maximum Gasteiger partial charge on any atom is 0.251 e. The Morgan fingerprint density at radius 2 is 2.18 bits per heavy atom. The normalized spacial score (nSPS) is 10.6. The minimum absolute atomic E-state index is 0.0222. The molecule has 0 saturated carbocycles. The molecule has 0 aliphatic heterocycles. The predicted octanol–water partition coefficient (Wildman–Crippen LogP) is 1.51. The molecule has 0 atom stereocenters. The fourth-order valence-corrected chi connectivity index (χ4v) is 1.74. The van der Waals surface area contributed by atoms with Crippen LogP contribution in [0.15, 0.2) is 30.5 Å². The molecule has 2 rings (SSSR count). The van der Waals surface area contributed by atoms with Crippen molar-refractivity contribution in [3.8, 4) is 0 Å². The molecule has 1 heterocycles. The van der Waals surface area contributed by atoms with Crippen molar-refractivity contribution in [1.82, 2.24) is 15.6 Å². The zero-order valence-electron chi connectivity index (χ0n) is 9.92. The van der Waals surface area contributed by atoms with Crippen molar-refractivity contribution in [2.75, 3.05) is 19.6 Å². The van der Waals surface area contributed by atoms with E-state index >= 15 is 0 Å². The van der Waals surface area contributed by atoms with Crippen LogP contribution in [0, 0.1) is 0 Å². The highest BCUT2D eigenvalue weighted by Crippen LogP contribution is 2.13. The lowest BCUT2D eigenvalue weighted by Crippen LogP contribution is -2.31. The number of nitrogens with one attached hydrogen (secondary N) is 3. The Kier molecular flexibility index (Phi) is 3.77. The van der Waals surface area contributed by atoms with Gasteiger partial charge in [-0.15, -0.1) is 0 Å². The first-order valence-corrected chi connectivity index (χ1v) is 5.87. The van der Waals surface area contributed by atoms with E-state index in [-0.39, 0.29) is 5.91 Å². The van der Waals surface area contributed by atoms with Crippen molar-refractivity contribution >= 4 is 16.8 Å². The molecule has 1 aromatic heterocycles. The van der Waals surface area contributed by atoms with Crippen molar-refractivity contribution in [2.45, 2.75) is 6.92 Å². The summed E-state index contributed by atoms with van der Waals surface area (Å²) in [6.07, 6.45) is 1.87. The first kappa shape index (κ1) is 11.7. The molecule has 0 aliphatic carbocycles. The zero-order chi connectivity index (χ0) is 12.1. The van der Waals surface area contributed by atoms with Crippen molar-refractivity contribution in [1.29, 1.82) is 0 Å². The maximum absolute atomic E-state index is 11.8. The molecule has 0 unspecified atom stereocenters. The van der Waals surface area contributed by atoms with Crippen LogP contribution >= 0.6 is 0 Å². The minimum Gasteiger partial charge on any atom is -0.361 e. The fraction of sp³-hybridized carbons (Fsp3) is 0.308. The number of aromatic nitrogens is 1. The van der Waals surface area contributed by atoms with Gasteiger partial charge in [-0.1, -0.05) is 6.92 Å². The van der Waals surface area contributed by atoms with Gasteiger partial charge in [-0.05, 0) is 30.8 Å². The molecule has 90 valence electrons. The number of aromatic amines is 1. The molecule has 1 amide bonds. The Hall–Kier alpha value is -1.81. The Morgan fingerprint density at radius 1 is 1.29 bits per heavy atom. The van der Waals surface area contributed by atoms with Crippen molar-refractivity contribution in [3.63, 3.8) is 0 Å². The number of amides is 1. The molecule has 0 spiro atoms. The van der Waals surface area contributed by atoms with Gasteiger partial charge in [0, 0.05) is 35.8 Å². The first-order chi connectivity index (χ1) is 8.31. The summed E-state index contributed by atoms with van der Waals surface area (Å²) in [4.78, 5) is 14.9.